The zero-order valence-corrected chi connectivity index (χ0v) is 17.9. The number of carbonyl (C=O) groups excluding carboxylic acids is 2. The average molecular weight is 452 g/mol. The van der Waals surface area contributed by atoms with E-state index in [1.807, 2.05) is 45.0 Å². The predicted octanol–water partition coefficient (Wildman–Crippen LogP) is 4.77. The number of aromatic nitrogens is 1. The largest absolute Gasteiger partial charge is 0.444 e. The van der Waals surface area contributed by atoms with E-state index in [9.17, 15) is 9.59 Å². The Hall–Kier alpha value is -1.93. The second-order valence-electron chi connectivity index (χ2n) is 7.44. The fraction of sp³-hybridized carbons (Fsp3) is 0.421. The van der Waals surface area contributed by atoms with E-state index < -0.39 is 5.60 Å². The molecule has 0 spiro atoms. The van der Waals surface area contributed by atoms with Crippen LogP contribution in [0.15, 0.2) is 34.9 Å². The molecular formula is C19H22BrN3O3S. The second-order valence-corrected chi connectivity index (χ2v) is 9.38. The van der Waals surface area contributed by atoms with Gasteiger partial charge in [0.25, 0.3) is 0 Å². The third kappa shape index (κ3) is 5.29. The van der Waals surface area contributed by atoms with Crippen molar-refractivity contribution >= 4 is 44.4 Å². The maximum atomic E-state index is 12.5. The van der Waals surface area contributed by atoms with Crippen LogP contribution in [0.2, 0.25) is 0 Å². The van der Waals surface area contributed by atoms with Gasteiger partial charge in [-0.3, -0.25) is 4.79 Å². The fourth-order valence-corrected chi connectivity index (χ4v) is 3.84. The van der Waals surface area contributed by atoms with E-state index in [0.717, 1.165) is 14.9 Å². The number of benzene rings is 1. The van der Waals surface area contributed by atoms with E-state index in [4.69, 9.17) is 4.74 Å². The Morgan fingerprint density at radius 1 is 1.30 bits per heavy atom. The lowest BCUT2D eigenvalue weighted by Gasteiger charge is -2.24. The van der Waals surface area contributed by atoms with Crippen molar-refractivity contribution in [3.8, 4) is 10.4 Å². The Kier molecular flexibility index (Phi) is 5.86. The summed E-state index contributed by atoms with van der Waals surface area (Å²) in [5.41, 5.74) is 0.509. The third-order valence-electron chi connectivity index (χ3n) is 4.08. The highest BCUT2D eigenvalue weighted by Crippen LogP contribution is 2.30. The minimum absolute atomic E-state index is 0.113. The highest BCUT2D eigenvalue weighted by molar-refractivity contribution is 9.10. The van der Waals surface area contributed by atoms with Crippen molar-refractivity contribution < 1.29 is 14.3 Å². The molecule has 2 aromatic rings. The minimum atomic E-state index is -0.540. The number of hydrogen-bond donors (Lipinski definition) is 1. The van der Waals surface area contributed by atoms with Crippen LogP contribution < -0.4 is 5.32 Å². The molecule has 6 nitrogen and oxygen atoms in total. The molecule has 1 N–H and O–H groups in total. The monoisotopic (exact) mass is 451 g/mol. The molecular weight excluding hydrogens is 430 g/mol. The summed E-state index contributed by atoms with van der Waals surface area (Å²) in [5, 5.41) is 3.44. The molecule has 27 heavy (non-hydrogen) atoms. The van der Waals surface area contributed by atoms with Crippen molar-refractivity contribution in [2.75, 3.05) is 18.4 Å². The molecule has 1 aromatic carbocycles. The number of likely N-dealkylation sites (tertiary alicyclic amines) is 1. The summed E-state index contributed by atoms with van der Waals surface area (Å²) in [6.07, 6.45) is 2.01. The van der Waals surface area contributed by atoms with Crippen LogP contribution in [0.25, 0.3) is 10.4 Å². The lowest BCUT2D eigenvalue weighted by molar-refractivity contribution is -0.119. The highest BCUT2D eigenvalue weighted by Gasteiger charge is 2.33. The van der Waals surface area contributed by atoms with Gasteiger partial charge in [0, 0.05) is 23.8 Å². The van der Waals surface area contributed by atoms with Gasteiger partial charge in [-0.15, -0.1) is 0 Å². The van der Waals surface area contributed by atoms with Crippen LogP contribution in [-0.2, 0) is 9.53 Å². The Labute approximate surface area is 171 Å². The summed E-state index contributed by atoms with van der Waals surface area (Å²) >= 11 is 4.85. The summed E-state index contributed by atoms with van der Waals surface area (Å²) < 4.78 is 6.38. The van der Waals surface area contributed by atoms with Gasteiger partial charge in [-0.25, -0.2) is 9.78 Å². The molecule has 2 amide bonds. The van der Waals surface area contributed by atoms with Gasteiger partial charge in [-0.2, -0.15) is 0 Å². The summed E-state index contributed by atoms with van der Waals surface area (Å²) in [6, 6.07) is 7.94. The van der Waals surface area contributed by atoms with Crippen LogP contribution >= 0.6 is 27.3 Å². The maximum absolute atomic E-state index is 12.5. The molecule has 1 aromatic heterocycles. The number of hydrogen-bond acceptors (Lipinski definition) is 5. The summed E-state index contributed by atoms with van der Waals surface area (Å²) in [6.45, 7) is 6.38. The van der Waals surface area contributed by atoms with Gasteiger partial charge >= 0.3 is 6.09 Å². The van der Waals surface area contributed by atoms with Gasteiger partial charge < -0.3 is 15.0 Å². The van der Waals surface area contributed by atoms with Crippen molar-refractivity contribution in [1.29, 1.82) is 0 Å². The zero-order chi connectivity index (χ0) is 19.6. The summed E-state index contributed by atoms with van der Waals surface area (Å²) in [4.78, 5) is 31.5. The van der Waals surface area contributed by atoms with Crippen molar-refractivity contribution in [3.63, 3.8) is 0 Å². The van der Waals surface area contributed by atoms with Crippen LogP contribution in [-0.4, -0.2) is 40.6 Å². The zero-order valence-electron chi connectivity index (χ0n) is 15.5. The van der Waals surface area contributed by atoms with Crippen molar-refractivity contribution in [3.05, 3.63) is 34.9 Å². The number of ether oxygens (including phenoxy) is 1. The standard InChI is InChI=1S/C19H22BrN3O3S/c1-19(2,3)26-18(25)23-9-8-13(11-23)16(24)22-17-21-10-15(27-17)12-4-6-14(20)7-5-12/h4-7,10,13H,8-9,11H2,1-3H3,(H,21,22,24)/t13-/m0/s1. The molecule has 0 bridgehead atoms. The molecule has 1 fully saturated rings. The van der Waals surface area contributed by atoms with E-state index >= 15 is 0 Å². The minimum Gasteiger partial charge on any atom is -0.444 e. The molecule has 8 heteroatoms. The molecule has 1 aliphatic heterocycles. The highest BCUT2D eigenvalue weighted by atomic mass is 79.9. The smallest absolute Gasteiger partial charge is 0.410 e. The Balaban J connectivity index is 1.57. The Bertz CT molecular complexity index is 829. The molecule has 0 radical (unpaired) electrons. The van der Waals surface area contributed by atoms with Crippen LogP contribution in [0.3, 0.4) is 0 Å². The van der Waals surface area contributed by atoms with Gasteiger partial charge in [0.15, 0.2) is 5.13 Å². The number of anilines is 1. The SMILES string of the molecule is CC(C)(C)OC(=O)N1CC[C@H](C(=O)Nc2ncc(-c3ccc(Br)cc3)s2)C1. The number of amides is 2. The van der Waals surface area contributed by atoms with Gasteiger partial charge in [0.2, 0.25) is 5.91 Å². The first-order valence-electron chi connectivity index (χ1n) is 8.72. The van der Waals surface area contributed by atoms with Crippen molar-refractivity contribution in [2.45, 2.75) is 32.8 Å². The molecule has 0 aliphatic carbocycles. The Morgan fingerprint density at radius 2 is 2.00 bits per heavy atom. The third-order valence-corrected chi connectivity index (χ3v) is 5.57. The number of nitrogens with one attached hydrogen (secondary N) is 1. The molecule has 1 saturated heterocycles. The van der Waals surface area contributed by atoms with E-state index in [2.05, 4.69) is 26.2 Å². The van der Waals surface area contributed by atoms with E-state index in [1.54, 1.807) is 11.1 Å². The average Bonchev–Trinajstić information content (AvgIpc) is 3.23. The van der Waals surface area contributed by atoms with Gasteiger partial charge in [0.1, 0.15) is 5.60 Å². The van der Waals surface area contributed by atoms with Gasteiger partial charge in [-0.1, -0.05) is 39.4 Å². The van der Waals surface area contributed by atoms with Crippen LogP contribution in [0, 0.1) is 5.92 Å². The number of thiazole rings is 1. The number of nitrogens with zero attached hydrogens (tertiary/aromatic N) is 2. The first-order chi connectivity index (χ1) is 12.7. The van der Waals surface area contributed by atoms with E-state index in [0.29, 0.717) is 24.6 Å². The van der Waals surface area contributed by atoms with E-state index in [1.165, 1.54) is 11.3 Å². The maximum Gasteiger partial charge on any atom is 0.410 e. The first kappa shape index (κ1) is 19.8. The Morgan fingerprint density at radius 3 is 2.67 bits per heavy atom. The molecule has 0 saturated carbocycles. The van der Waals surface area contributed by atoms with Crippen LogP contribution in [0.1, 0.15) is 27.2 Å². The summed E-state index contributed by atoms with van der Waals surface area (Å²) in [5.74, 6) is -0.365. The molecule has 0 unspecified atom stereocenters. The lowest BCUT2D eigenvalue weighted by atomic mass is 10.1. The molecule has 144 valence electrons. The second kappa shape index (κ2) is 7.98. The summed E-state index contributed by atoms with van der Waals surface area (Å²) in [7, 11) is 0. The van der Waals surface area contributed by atoms with E-state index in [-0.39, 0.29) is 17.9 Å². The fourth-order valence-electron chi connectivity index (χ4n) is 2.75. The molecule has 1 aliphatic rings. The number of carbonyl (C=O) groups is 2. The molecule has 1 atom stereocenters. The molecule has 2 heterocycles. The topological polar surface area (TPSA) is 71.5 Å². The van der Waals surface area contributed by atoms with Crippen molar-refractivity contribution in [1.82, 2.24) is 9.88 Å². The first-order valence-corrected chi connectivity index (χ1v) is 10.3. The quantitative estimate of drug-likeness (QED) is 0.729. The number of rotatable bonds is 3. The molecule has 3 rings (SSSR count). The number of halogens is 1. The predicted molar refractivity (Wildman–Crippen MR) is 110 cm³/mol. The van der Waals surface area contributed by atoms with Crippen molar-refractivity contribution in [2.24, 2.45) is 5.92 Å². The van der Waals surface area contributed by atoms with Crippen LogP contribution in [0.4, 0.5) is 9.93 Å². The lowest BCUT2D eigenvalue weighted by Crippen LogP contribution is -2.36. The normalized spacial score (nSPS) is 17.0. The van der Waals surface area contributed by atoms with Gasteiger partial charge in [0.05, 0.1) is 10.8 Å². The van der Waals surface area contributed by atoms with Crippen LogP contribution in [0.5, 0.6) is 0 Å². The van der Waals surface area contributed by atoms with Gasteiger partial charge in [-0.05, 0) is 44.9 Å².